The van der Waals surface area contributed by atoms with E-state index in [1.54, 1.807) is 13.8 Å². The summed E-state index contributed by atoms with van der Waals surface area (Å²) in [6, 6.07) is 0. The van der Waals surface area contributed by atoms with Crippen molar-refractivity contribution in [3.05, 3.63) is 0 Å². The summed E-state index contributed by atoms with van der Waals surface area (Å²) in [5.74, 6) is 0. The second kappa shape index (κ2) is 38.5. The molecule has 0 unspecified atom stereocenters. The Morgan fingerprint density at radius 1 is 0.857 bits per heavy atom. The van der Waals surface area contributed by atoms with E-state index in [1.807, 2.05) is 0 Å². The molecular formula is C9H27NO4. The molecule has 0 heterocycles. The van der Waals surface area contributed by atoms with Crippen LogP contribution in [0.4, 0.5) is 0 Å². The van der Waals surface area contributed by atoms with Crippen molar-refractivity contribution in [2.45, 2.75) is 27.2 Å². The number of hydrogen-bond donors (Lipinski definition) is 4. The van der Waals surface area contributed by atoms with Crippen molar-refractivity contribution < 1.29 is 20.8 Å². The van der Waals surface area contributed by atoms with Crippen LogP contribution in [-0.4, -0.2) is 53.7 Å². The summed E-state index contributed by atoms with van der Waals surface area (Å²) in [7, 11) is 0. The third-order valence-electron chi connectivity index (χ3n) is 0.715. The summed E-state index contributed by atoms with van der Waals surface area (Å²) < 4.78 is 0. The van der Waals surface area contributed by atoms with Crippen LogP contribution in [0, 0.1) is 0 Å². The van der Waals surface area contributed by atoms with Gasteiger partial charge in [-0.1, -0.05) is 6.92 Å². The summed E-state index contributed by atoms with van der Waals surface area (Å²) in [6.45, 7) is 7.96. The van der Waals surface area contributed by atoms with Gasteiger partial charge in [0.1, 0.15) is 0 Å². The van der Waals surface area contributed by atoms with E-state index in [1.165, 1.54) is 0 Å². The van der Waals surface area contributed by atoms with Crippen LogP contribution in [-0.2, 0) is 0 Å². The van der Waals surface area contributed by atoms with Gasteiger partial charge in [-0.3, -0.25) is 0 Å². The average Bonchev–Trinajstić information content (AvgIpc) is 2.08. The van der Waals surface area contributed by atoms with E-state index >= 15 is 0 Å². The molecule has 0 bridgehead atoms. The van der Waals surface area contributed by atoms with Crippen LogP contribution >= 0.6 is 0 Å². The molecule has 14 heavy (non-hydrogen) atoms. The maximum Gasteiger partial charge on any atom is 0.0555 e. The van der Waals surface area contributed by atoms with Gasteiger partial charge in [0, 0.05) is 19.8 Å². The van der Waals surface area contributed by atoms with Gasteiger partial charge in [-0.05, 0) is 26.8 Å². The van der Waals surface area contributed by atoms with Crippen molar-refractivity contribution in [3.63, 3.8) is 0 Å². The third-order valence-corrected chi connectivity index (χ3v) is 0.715. The maximum absolute atomic E-state index is 8.23. The van der Waals surface area contributed by atoms with E-state index in [-0.39, 0.29) is 25.3 Å². The lowest BCUT2D eigenvalue weighted by Gasteiger charge is -1.95. The normalized spacial score (nSPS) is 7.29. The van der Waals surface area contributed by atoms with Gasteiger partial charge in [0.15, 0.2) is 0 Å². The van der Waals surface area contributed by atoms with Gasteiger partial charge in [0.2, 0.25) is 0 Å². The van der Waals surface area contributed by atoms with Gasteiger partial charge in [0.05, 0.1) is 6.61 Å². The predicted octanol–water partition coefficient (Wildman–Crippen LogP) is -0.849. The molecule has 0 spiro atoms. The minimum atomic E-state index is 0. The van der Waals surface area contributed by atoms with Crippen LogP contribution in [0.5, 0.6) is 0 Å². The quantitative estimate of drug-likeness (QED) is 0.457. The zero-order valence-corrected chi connectivity index (χ0v) is 9.58. The Morgan fingerprint density at radius 2 is 1.21 bits per heavy atom. The van der Waals surface area contributed by atoms with Crippen molar-refractivity contribution >= 4 is 0 Å². The molecule has 0 aliphatic carbocycles. The second-order valence-electron chi connectivity index (χ2n) is 2.11. The first-order chi connectivity index (χ1) is 6.24. The monoisotopic (exact) mass is 213 g/mol. The number of rotatable bonds is 4. The van der Waals surface area contributed by atoms with Crippen molar-refractivity contribution in [1.29, 1.82) is 0 Å². The molecule has 6 N–H and O–H groups in total. The average molecular weight is 213 g/mol. The largest absolute Gasteiger partial charge is 0.412 e. The van der Waals surface area contributed by atoms with E-state index < -0.39 is 0 Å². The number of aliphatic hydroxyl groups is 3. The molecule has 0 atom stereocenters. The minimum absolute atomic E-state index is 0. The van der Waals surface area contributed by atoms with Crippen LogP contribution in [0.15, 0.2) is 0 Å². The number of nitrogens with one attached hydrogen (secondary N) is 1. The fourth-order valence-corrected chi connectivity index (χ4v) is 0.381. The lowest BCUT2D eigenvalue weighted by Crippen LogP contribution is -2.18. The Hall–Kier alpha value is -0.200. The molecule has 0 aromatic heterocycles. The van der Waals surface area contributed by atoms with E-state index in [0.717, 1.165) is 19.5 Å². The van der Waals surface area contributed by atoms with Crippen LogP contribution in [0.2, 0.25) is 0 Å². The van der Waals surface area contributed by atoms with Gasteiger partial charge in [-0.25, -0.2) is 0 Å². The second-order valence-corrected chi connectivity index (χ2v) is 2.11. The molecule has 5 heteroatoms. The summed E-state index contributed by atoms with van der Waals surface area (Å²) in [5, 5.41) is 26.4. The first-order valence-electron chi connectivity index (χ1n) is 4.78. The van der Waals surface area contributed by atoms with Crippen LogP contribution in [0.1, 0.15) is 27.2 Å². The van der Waals surface area contributed by atoms with E-state index in [0.29, 0.717) is 0 Å². The smallest absolute Gasteiger partial charge is 0.0555 e. The Labute approximate surface area is 87.1 Å². The molecule has 0 aliphatic heterocycles. The van der Waals surface area contributed by atoms with Gasteiger partial charge < -0.3 is 26.1 Å². The molecular weight excluding hydrogens is 186 g/mol. The lowest BCUT2D eigenvalue weighted by atomic mass is 10.5. The highest BCUT2D eigenvalue weighted by Crippen LogP contribution is 1.66. The Bertz CT molecular complexity index is 50.1. The molecule has 0 aromatic rings. The molecule has 0 aliphatic rings. The van der Waals surface area contributed by atoms with Crippen molar-refractivity contribution in [2.24, 2.45) is 0 Å². The molecule has 92 valence electrons. The third kappa shape index (κ3) is 95.3. The highest BCUT2D eigenvalue weighted by atomic mass is 16.3. The molecule has 0 rings (SSSR count). The highest BCUT2D eigenvalue weighted by Gasteiger charge is 1.77. The van der Waals surface area contributed by atoms with Crippen LogP contribution in [0.3, 0.4) is 0 Å². The van der Waals surface area contributed by atoms with Gasteiger partial charge in [0.25, 0.3) is 0 Å². The molecule has 0 aromatic carbocycles. The Kier molecular flexibility index (Phi) is 64.8. The molecule has 0 saturated heterocycles. The lowest BCUT2D eigenvalue weighted by molar-refractivity contribution is 0.292. The predicted molar refractivity (Wildman–Crippen MR) is 59.4 cm³/mol. The molecule has 0 fully saturated rings. The summed E-state index contributed by atoms with van der Waals surface area (Å²) in [4.78, 5) is 0. The first kappa shape index (κ1) is 23.5. The minimum Gasteiger partial charge on any atom is -0.412 e. The first-order valence-corrected chi connectivity index (χ1v) is 4.78. The fourth-order valence-electron chi connectivity index (χ4n) is 0.381. The fraction of sp³-hybridized carbons (Fsp3) is 1.00. The summed E-state index contributed by atoms with van der Waals surface area (Å²) in [5.41, 5.74) is 0. The molecule has 0 saturated carbocycles. The molecule has 5 nitrogen and oxygen atoms in total. The van der Waals surface area contributed by atoms with Crippen LogP contribution < -0.4 is 5.32 Å². The van der Waals surface area contributed by atoms with E-state index in [4.69, 9.17) is 15.3 Å². The van der Waals surface area contributed by atoms with Gasteiger partial charge >= 0.3 is 0 Å². The highest BCUT2D eigenvalue weighted by molar-refractivity contribution is 4.39. The zero-order valence-electron chi connectivity index (χ0n) is 9.58. The van der Waals surface area contributed by atoms with Crippen LogP contribution in [0.25, 0.3) is 0 Å². The molecule has 0 radical (unpaired) electrons. The Morgan fingerprint density at radius 3 is 1.43 bits per heavy atom. The number of hydrogen-bond acceptors (Lipinski definition) is 4. The van der Waals surface area contributed by atoms with E-state index in [9.17, 15) is 0 Å². The summed E-state index contributed by atoms with van der Waals surface area (Å²) in [6.07, 6.45) is 1.14. The van der Waals surface area contributed by atoms with Crippen molar-refractivity contribution in [3.8, 4) is 0 Å². The zero-order chi connectivity index (χ0) is 10.9. The molecule has 0 amide bonds. The Balaban J connectivity index is -0.0000000610. The topological polar surface area (TPSA) is 104 Å². The van der Waals surface area contributed by atoms with Crippen molar-refractivity contribution in [2.75, 3.05) is 32.9 Å². The standard InChI is InChI=1S/C5H13NO.2C2H6O.H2O/c1-2-3-6-4-5-7;2*1-2-3;/h6-7H,2-5H2,1H3;2*3H,2H2,1H3;1H2. The van der Waals surface area contributed by atoms with Gasteiger partial charge in [-0.2, -0.15) is 0 Å². The van der Waals surface area contributed by atoms with Crippen molar-refractivity contribution in [1.82, 2.24) is 5.32 Å². The summed E-state index contributed by atoms with van der Waals surface area (Å²) >= 11 is 0. The van der Waals surface area contributed by atoms with E-state index in [2.05, 4.69) is 12.2 Å². The maximum atomic E-state index is 8.23. The van der Waals surface area contributed by atoms with Gasteiger partial charge in [-0.15, -0.1) is 0 Å². The SMILES string of the molecule is CCCNCCO.CCO.CCO.O. The number of aliphatic hydroxyl groups excluding tert-OH is 3.